The minimum atomic E-state index is -0.0692. The molecule has 0 saturated heterocycles. The summed E-state index contributed by atoms with van der Waals surface area (Å²) in [4.78, 5) is 19.9. The molecule has 2 aromatic rings. The van der Waals surface area contributed by atoms with Gasteiger partial charge in [0, 0.05) is 43.8 Å². The van der Waals surface area contributed by atoms with Gasteiger partial charge in [0.2, 0.25) is 0 Å². The van der Waals surface area contributed by atoms with Crippen LogP contribution in [0.1, 0.15) is 53.9 Å². The number of hydrogen-bond donors (Lipinski definition) is 1. The van der Waals surface area contributed by atoms with Gasteiger partial charge in [-0.1, -0.05) is 13.8 Å². The largest absolute Gasteiger partial charge is 0.357 e. The lowest BCUT2D eigenvalue weighted by Gasteiger charge is -2.24. The predicted molar refractivity (Wildman–Crippen MR) is 94.8 cm³/mol. The minimum Gasteiger partial charge on any atom is -0.357 e. The molecule has 1 N–H and O–H groups in total. The lowest BCUT2D eigenvalue weighted by molar-refractivity contribution is 0.194. The normalized spacial score (nSPS) is 12.5. The van der Waals surface area contributed by atoms with E-state index in [9.17, 15) is 4.79 Å². The molecular formula is C17H26N4OS. The molecule has 0 aliphatic rings. The van der Waals surface area contributed by atoms with E-state index in [-0.39, 0.29) is 12.1 Å². The molecule has 126 valence electrons. The van der Waals surface area contributed by atoms with Crippen LogP contribution < -0.4 is 5.32 Å². The third-order valence-corrected chi connectivity index (χ3v) is 5.59. The molecule has 0 aromatic carbocycles. The van der Waals surface area contributed by atoms with E-state index in [0.29, 0.717) is 12.5 Å². The Morgan fingerprint density at radius 3 is 2.65 bits per heavy atom. The molecule has 23 heavy (non-hydrogen) atoms. The van der Waals surface area contributed by atoms with Crippen LogP contribution in [0.3, 0.4) is 0 Å². The number of nitrogens with one attached hydrogen (secondary N) is 1. The third kappa shape index (κ3) is 4.13. The molecule has 0 radical (unpaired) electrons. The Kier molecular flexibility index (Phi) is 5.46. The second-order valence-electron chi connectivity index (χ2n) is 6.29. The van der Waals surface area contributed by atoms with Gasteiger partial charge in [-0.05, 0) is 25.5 Å². The number of carbonyl (C=O) groups is 1. The van der Waals surface area contributed by atoms with Crippen LogP contribution in [0, 0.1) is 6.92 Å². The van der Waals surface area contributed by atoms with Crippen LogP contribution >= 0.6 is 11.3 Å². The fourth-order valence-corrected chi connectivity index (χ4v) is 3.55. The highest BCUT2D eigenvalue weighted by molar-refractivity contribution is 7.11. The third-order valence-electron chi connectivity index (χ3n) is 3.96. The lowest BCUT2D eigenvalue weighted by atomic mass is 10.2. The monoisotopic (exact) mass is 334 g/mol. The SMILES string of the molecule is Cc1nc(C(C)C)sc1[C@@H](C)N(C)C(=O)NCc1ccn(C)c1. The number of rotatable bonds is 5. The molecule has 0 fully saturated rings. The van der Waals surface area contributed by atoms with Crippen molar-refractivity contribution in [2.75, 3.05) is 7.05 Å². The molecule has 0 saturated carbocycles. The van der Waals surface area contributed by atoms with Gasteiger partial charge < -0.3 is 14.8 Å². The summed E-state index contributed by atoms with van der Waals surface area (Å²) in [6.45, 7) is 8.89. The molecule has 0 aliphatic heterocycles. The summed E-state index contributed by atoms with van der Waals surface area (Å²) in [5.41, 5.74) is 2.12. The maximum Gasteiger partial charge on any atom is 0.317 e. The van der Waals surface area contributed by atoms with Gasteiger partial charge in [-0.2, -0.15) is 0 Å². The van der Waals surface area contributed by atoms with Crippen LogP contribution in [-0.2, 0) is 13.6 Å². The van der Waals surface area contributed by atoms with E-state index in [1.165, 1.54) is 0 Å². The quantitative estimate of drug-likeness (QED) is 0.904. The van der Waals surface area contributed by atoms with E-state index in [0.717, 1.165) is 21.1 Å². The molecule has 0 bridgehead atoms. The molecule has 0 unspecified atom stereocenters. The molecule has 0 spiro atoms. The van der Waals surface area contributed by atoms with Gasteiger partial charge in [-0.15, -0.1) is 11.3 Å². The topological polar surface area (TPSA) is 50.2 Å². The predicted octanol–water partition coefficient (Wildman–Crippen LogP) is 3.82. The number of aryl methyl sites for hydroxylation is 2. The van der Waals surface area contributed by atoms with Crippen LogP contribution in [0.5, 0.6) is 0 Å². The molecule has 2 aromatic heterocycles. The Labute approximate surface area is 142 Å². The fourth-order valence-electron chi connectivity index (χ4n) is 2.38. The van der Waals surface area contributed by atoms with Gasteiger partial charge in [-0.3, -0.25) is 0 Å². The Balaban J connectivity index is 2.00. The van der Waals surface area contributed by atoms with E-state index in [1.807, 2.05) is 51.0 Å². The number of aromatic nitrogens is 2. The van der Waals surface area contributed by atoms with Crippen molar-refractivity contribution in [3.8, 4) is 0 Å². The lowest BCUT2D eigenvalue weighted by Crippen LogP contribution is -2.38. The average molecular weight is 334 g/mol. The summed E-state index contributed by atoms with van der Waals surface area (Å²) in [6, 6.07) is 1.95. The summed E-state index contributed by atoms with van der Waals surface area (Å²) in [6.07, 6.45) is 3.98. The van der Waals surface area contributed by atoms with Crippen molar-refractivity contribution in [2.24, 2.45) is 7.05 Å². The minimum absolute atomic E-state index is 0.00998. The van der Waals surface area contributed by atoms with Gasteiger partial charge >= 0.3 is 6.03 Å². The first-order valence-electron chi connectivity index (χ1n) is 7.88. The molecule has 2 amide bonds. The van der Waals surface area contributed by atoms with E-state index < -0.39 is 0 Å². The fraction of sp³-hybridized carbons (Fsp3) is 0.529. The summed E-state index contributed by atoms with van der Waals surface area (Å²) in [7, 11) is 3.80. The molecule has 2 rings (SSSR count). The first kappa shape index (κ1) is 17.5. The average Bonchev–Trinajstić information content (AvgIpc) is 3.09. The number of thiazole rings is 1. The highest BCUT2D eigenvalue weighted by atomic mass is 32.1. The smallest absolute Gasteiger partial charge is 0.317 e. The number of hydrogen-bond acceptors (Lipinski definition) is 3. The zero-order chi connectivity index (χ0) is 17.1. The number of amides is 2. The van der Waals surface area contributed by atoms with Crippen molar-refractivity contribution in [1.82, 2.24) is 19.8 Å². The van der Waals surface area contributed by atoms with Crippen LogP contribution in [0.2, 0.25) is 0 Å². The highest BCUT2D eigenvalue weighted by Gasteiger charge is 2.22. The summed E-state index contributed by atoms with van der Waals surface area (Å²) in [5, 5.41) is 4.10. The van der Waals surface area contributed by atoms with Crippen molar-refractivity contribution >= 4 is 17.4 Å². The maximum absolute atomic E-state index is 12.4. The van der Waals surface area contributed by atoms with E-state index in [1.54, 1.807) is 16.2 Å². The van der Waals surface area contributed by atoms with Crippen molar-refractivity contribution in [2.45, 2.75) is 46.2 Å². The van der Waals surface area contributed by atoms with Crippen LogP contribution in [-0.4, -0.2) is 27.5 Å². The highest BCUT2D eigenvalue weighted by Crippen LogP contribution is 2.31. The van der Waals surface area contributed by atoms with Gasteiger partial charge in [0.25, 0.3) is 0 Å². The van der Waals surface area contributed by atoms with Crippen molar-refractivity contribution in [1.29, 1.82) is 0 Å². The molecule has 2 heterocycles. The molecule has 6 heteroatoms. The zero-order valence-corrected chi connectivity index (χ0v) is 15.6. The van der Waals surface area contributed by atoms with Crippen molar-refractivity contribution in [3.05, 3.63) is 39.6 Å². The first-order valence-corrected chi connectivity index (χ1v) is 8.70. The van der Waals surface area contributed by atoms with Crippen LogP contribution in [0.4, 0.5) is 4.79 Å². The van der Waals surface area contributed by atoms with Crippen molar-refractivity contribution < 1.29 is 4.79 Å². The second-order valence-corrected chi connectivity index (χ2v) is 7.35. The number of nitrogens with zero attached hydrogens (tertiary/aromatic N) is 3. The van der Waals surface area contributed by atoms with Crippen LogP contribution in [0.15, 0.2) is 18.5 Å². The van der Waals surface area contributed by atoms with Gasteiger partial charge in [0.05, 0.1) is 16.7 Å². The second kappa shape index (κ2) is 7.17. The first-order chi connectivity index (χ1) is 10.8. The van der Waals surface area contributed by atoms with E-state index in [4.69, 9.17) is 0 Å². The maximum atomic E-state index is 12.4. The van der Waals surface area contributed by atoms with E-state index in [2.05, 4.69) is 24.1 Å². The summed E-state index contributed by atoms with van der Waals surface area (Å²) < 4.78 is 1.97. The zero-order valence-electron chi connectivity index (χ0n) is 14.8. The Morgan fingerprint density at radius 1 is 1.43 bits per heavy atom. The van der Waals surface area contributed by atoms with Crippen LogP contribution in [0.25, 0.3) is 0 Å². The number of carbonyl (C=O) groups excluding carboxylic acids is 1. The summed E-state index contributed by atoms with van der Waals surface area (Å²) >= 11 is 1.70. The summed E-state index contributed by atoms with van der Waals surface area (Å²) in [5.74, 6) is 0.414. The Bertz CT molecular complexity index is 674. The molecule has 0 aliphatic carbocycles. The molecule has 1 atom stereocenters. The Morgan fingerprint density at radius 2 is 2.13 bits per heavy atom. The number of urea groups is 1. The molecule has 5 nitrogen and oxygen atoms in total. The molecular weight excluding hydrogens is 308 g/mol. The van der Waals surface area contributed by atoms with Gasteiger partial charge in [0.1, 0.15) is 0 Å². The van der Waals surface area contributed by atoms with Gasteiger partial charge in [-0.25, -0.2) is 9.78 Å². The standard InChI is InChI=1S/C17H26N4OS/c1-11(2)16-19-12(3)15(23-16)13(4)21(6)17(22)18-9-14-7-8-20(5)10-14/h7-8,10-11,13H,9H2,1-6H3,(H,18,22)/t13-/m1/s1. The van der Waals surface area contributed by atoms with Crippen molar-refractivity contribution in [3.63, 3.8) is 0 Å². The van der Waals surface area contributed by atoms with Gasteiger partial charge in [0.15, 0.2) is 0 Å². The Hall–Kier alpha value is -1.82. The van der Waals surface area contributed by atoms with E-state index >= 15 is 0 Å².